The highest BCUT2D eigenvalue weighted by Crippen LogP contribution is 2.36. The summed E-state index contributed by atoms with van der Waals surface area (Å²) in [5.41, 5.74) is 1.01. The molecule has 0 aliphatic carbocycles. The Morgan fingerprint density at radius 1 is 1.15 bits per heavy atom. The van der Waals surface area contributed by atoms with Crippen LogP contribution in [0.1, 0.15) is 34.5 Å². The molecule has 0 saturated heterocycles. The highest BCUT2D eigenvalue weighted by Gasteiger charge is 2.27. The van der Waals surface area contributed by atoms with Crippen LogP contribution in [0.25, 0.3) is 10.9 Å². The summed E-state index contributed by atoms with van der Waals surface area (Å²) in [6.07, 6.45) is 0. The third kappa shape index (κ3) is 3.15. The summed E-state index contributed by atoms with van der Waals surface area (Å²) < 4.78 is 15.2. The minimum Gasteiger partial charge on any atom is -0.505 e. The van der Waals surface area contributed by atoms with Crippen molar-refractivity contribution in [2.45, 2.75) is 19.8 Å². The van der Waals surface area contributed by atoms with Crippen LogP contribution in [0.15, 0.2) is 30.3 Å². The van der Waals surface area contributed by atoms with Crippen molar-refractivity contribution in [1.82, 2.24) is 4.57 Å². The van der Waals surface area contributed by atoms with E-state index in [1.54, 1.807) is 6.92 Å². The lowest BCUT2D eigenvalue weighted by Gasteiger charge is -2.10. The largest absolute Gasteiger partial charge is 0.505 e. The minimum absolute atomic E-state index is 0.155. The van der Waals surface area contributed by atoms with Gasteiger partial charge in [-0.1, -0.05) is 23.2 Å². The first-order valence-corrected chi connectivity index (χ1v) is 8.65. The van der Waals surface area contributed by atoms with Crippen LogP contribution in [-0.4, -0.2) is 26.7 Å². The normalized spacial score (nSPS) is 12.3. The Hall–Kier alpha value is -2.57. The molecule has 0 unspecified atom stereocenters. The number of hydrogen-bond donors (Lipinski definition) is 2. The maximum atomic E-state index is 14.0. The Kier molecular flexibility index (Phi) is 4.88. The molecule has 0 spiro atoms. The van der Waals surface area contributed by atoms with Gasteiger partial charge in [0, 0.05) is 22.7 Å². The van der Waals surface area contributed by atoms with Crippen LogP contribution >= 0.6 is 23.2 Å². The van der Waals surface area contributed by atoms with Gasteiger partial charge in [0.2, 0.25) is 0 Å². The van der Waals surface area contributed by atoms with Gasteiger partial charge < -0.3 is 10.2 Å². The molecule has 0 aliphatic rings. The van der Waals surface area contributed by atoms with Gasteiger partial charge in [-0.15, -0.1) is 0 Å². The molecule has 5 nitrogen and oxygen atoms in total. The average molecular weight is 410 g/mol. The Labute approximate surface area is 163 Å². The monoisotopic (exact) mass is 409 g/mol. The summed E-state index contributed by atoms with van der Waals surface area (Å²) in [5, 5.41) is 19.9. The maximum absolute atomic E-state index is 14.0. The summed E-state index contributed by atoms with van der Waals surface area (Å²) in [4.78, 5) is 24.6. The highest BCUT2D eigenvalue weighted by molar-refractivity contribution is 6.42. The van der Waals surface area contributed by atoms with Crippen molar-refractivity contribution in [2.75, 3.05) is 0 Å². The second kappa shape index (κ2) is 6.87. The number of phenolic OH excluding ortho intramolecular Hbond substituents is 1. The van der Waals surface area contributed by atoms with Gasteiger partial charge in [0.05, 0.1) is 21.5 Å². The lowest BCUT2D eigenvalue weighted by molar-refractivity contribution is -0.138. The van der Waals surface area contributed by atoms with Crippen molar-refractivity contribution in [3.8, 4) is 5.75 Å². The first-order chi connectivity index (χ1) is 12.6. The lowest BCUT2D eigenvalue weighted by Crippen LogP contribution is -2.15. The molecule has 1 atom stereocenters. The van der Waals surface area contributed by atoms with Crippen LogP contribution in [-0.2, 0) is 4.79 Å². The van der Waals surface area contributed by atoms with Crippen molar-refractivity contribution in [3.63, 3.8) is 0 Å². The zero-order valence-electron chi connectivity index (χ0n) is 14.3. The van der Waals surface area contributed by atoms with Gasteiger partial charge in [-0.25, -0.2) is 4.39 Å². The second-order valence-corrected chi connectivity index (χ2v) is 6.96. The number of carboxylic acids is 1. The predicted octanol–water partition coefficient (Wildman–Crippen LogP) is 4.98. The number of aromatic nitrogens is 1. The fourth-order valence-electron chi connectivity index (χ4n) is 3.14. The van der Waals surface area contributed by atoms with E-state index in [1.165, 1.54) is 29.7 Å². The molecular formula is C19H14Cl2FNO4. The van der Waals surface area contributed by atoms with E-state index >= 15 is 0 Å². The Morgan fingerprint density at radius 3 is 2.41 bits per heavy atom. The van der Waals surface area contributed by atoms with Gasteiger partial charge in [-0.2, -0.15) is 0 Å². The summed E-state index contributed by atoms with van der Waals surface area (Å²) in [6.45, 7) is 3.03. The lowest BCUT2D eigenvalue weighted by atomic mass is 9.98. The molecule has 0 bridgehead atoms. The van der Waals surface area contributed by atoms with Gasteiger partial charge in [0.15, 0.2) is 11.6 Å². The summed E-state index contributed by atoms with van der Waals surface area (Å²) in [5.74, 6) is -4.15. The van der Waals surface area contributed by atoms with E-state index in [0.29, 0.717) is 11.3 Å². The number of carboxylic acid groups (broad SMARTS) is 1. The molecule has 0 saturated carbocycles. The van der Waals surface area contributed by atoms with E-state index in [4.69, 9.17) is 23.2 Å². The fraction of sp³-hybridized carbons (Fsp3) is 0.158. The third-order valence-corrected chi connectivity index (χ3v) is 5.23. The van der Waals surface area contributed by atoms with Crippen molar-refractivity contribution >= 4 is 46.0 Å². The molecule has 2 aromatic carbocycles. The summed E-state index contributed by atoms with van der Waals surface area (Å²) in [7, 11) is 0. The first-order valence-electron chi connectivity index (χ1n) is 7.89. The number of fused-ring (bicyclic) bond motifs is 1. The molecule has 140 valence electrons. The molecule has 0 fully saturated rings. The third-order valence-electron chi connectivity index (χ3n) is 4.49. The van der Waals surface area contributed by atoms with Crippen molar-refractivity contribution in [3.05, 3.63) is 63.0 Å². The molecule has 1 heterocycles. The number of hydrogen-bond acceptors (Lipinski definition) is 3. The van der Waals surface area contributed by atoms with Gasteiger partial charge in [-0.3, -0.25) is 14.2 Å². The SMILES string of the molecule is Cc1c([C@@H](C)C(=O)O)c2cc(O)c(F)cc2n1C(=O)c1ccc(Cl)c(Cl)c1. The van der Waals surface area contributed by atoms with Crippen molar-refractivity contribution in [2.24, 2.45) is 0 Å². The number of nitrogens with zero attached hydrogens (tertiary/aromatic N) is 1. The van der Waals surface area contributed by atoms with Gasteiger partial charge in [0.1, 0.15) is 0 Å². The van der Waals surface area contributed by atoms with Gasteiger partial charge in [0.25, 0.3) is 5.91 Å². The molecule has 27 heavy (non-hydrogen) atoms. The van der Waals surface area contributed by atoms with Crippen LogP contribution in [0.4, 0.5) is 4.39 Å². The molecule has 3 aromatic rings. The van der Waals surface area contributed by atoms with Crippen LogP contribution in [0.3, 0.4) is 0 Å². The molecule has 2 N–H and O–H groups in total. The summed E-state index contributed by atoms with van der Waals surface area (Å²) in [6, 6.07) is 6.45. The molecule has 0 amide bonds. The van der Waals surface area contributed by atoms with Gasteiger partial charge >= 0.3 is 5.97 Å². The van der Waals surface area contributed by atoms with E-state index in [9.17, 15) is 24.2 Å². The number of benzene rings is 2. The molecule has 0 radical (unpaired) electrons. The highest BCUT2D eigenvalue weighted by atomic mass is 35.5. The number of aromatic hydroxyl groups is 1. The number of carbonyl (C=O) groups is 2. The summed E-state index contributed by atoms with van der Waals surface area (Å²) >= 11 is 11.9. The molecular weight excluding hydrogens is 396 g/mol. The van der Waals surface area contributed by atoms with E-state index < -0.39 is 29.4 Å². The number of rotatable bonds is 3. The Morgan fingerprint density at radius 2 is 1.81 bits per heavy atom. The van der Waals surface area contributed by atoms with Crippen LogP contribution in [0.5, 0.6) is 5.75 Å². The van der Waals surface area contributed by atoms with Crippen LogP contribution < -0.4 is 0 Å². The first kappa shape index (κ1) is 19.2. The maximum Gasteiger partial charge on any atom is 0.310 e. The number of phenols is 1. The van der Waals surface area contributed by atoms with Crippen LogP contribution in [0, 0.1) is 12.7 Å². The number of aliphatic carboxylic acids is 1. The van der Waals surface area contributed by atoms with Crippen molar-refractivity contribution in [1.29, 1.82) is 0 Å². The predicted molar refractivity (Wildman–Crippen MR) is 101 cm³/mol. The number of carbonyl (C=O) groups excluding carboxylic acids is 1. The van der Waals surface area contributed by atoms with Crippen molar-refractivity contribution < 1.29 is 24.2 Å². The minimum atomic E-state index is -1.11. The van der Waals surface area contributed by atoms with Crippen LogP contribution in [0.2, 0.25) is 10.0 Å². The Bertz CT molecular complexity index is 1110. The van der Waals surface area contributed by atoms with Gasteiger partial charge in [-0.05, 0) is 43.7 Å². The zero-order valence-corrected chi connectivity index (χ0v) is 15.8. The van der Waals surface area contributed by atoms with E-state index in [-0.39, 0.29) is 26.5 Å². The fourth-order valence-corrected chi connectivity index (χ4v) is 3.44. The topological polar surface area (TPSA) is 79.5 Å². The smallest absolute Gasteiger partial charge is 0.310 e. The standard InChI is InChI=1S/C19H14Cl2FNO4/c1-8(19(26)27)17-9(2)23(15-7-14(22)16(24)6-11(15)17)18(25)10-3-4-12(20)13(21)5-10/h3-8,24H,1-2H3,(H,26,27)/t8-/m1/s1. The van der Waals surface area contributed by atoms with E-state index in [2.05, 4.69) is 0 Å². The van der Waals surface area contributed by atoms with E-state index in [1.807, 2.05) is 0 Å². The molecule has 1 aromatic heterocycles. The average Bonchev–Trinajstić information content (AvgIpc) is 2.87. The molecule has 0 aliphatic heterocycles. The number of halogens is 3. The van der Waals surface area contributed by atoms with E-state index in [0.717, 1.165) is 12.1 Å². The molecule has 3 rings (SSSR count). The molecule has 8 heteroatoms. The Balaban J connectivity index is 2.33. The zero-order chi connectivity index (χ0) is 20.0. The quantitative estimate of drug-likeness (QED) is 0.639. The second-order valence-electron chi connectivity index (χ2n) is 6.15.